The summed E-state index contributed by atoms with van der Waals surface area (Å²) in [6.45, 7) is 0.0861. The van der Waals surface area contributed by atoms with Crippen LogP contribution in [0.5, 0.6) is 5.75 Å². The molecule has 0 radical (unpaired) electrons. The molecule has 1 aliphatic heterocycles. The highest BCUT2D eigenvalue weighted by Gasteiger charge is 2.55. The van der Waals surface area contributed by atoms with Gasteiger partial charge in [-0.25, -0.2) is 4.79 Å². The Bertz CT molecular complexity index is 2200. The number of hydrogen-bond donors (Lipinski definition) is 4. The van der Waals surface area contributed by atoms with Gasteiger partial charge in [-0.15, -0.1) is 0 Å². The monoisotopic (exact) mass is 750 g/mol. The molecule has 2 amide bonds. The first-order chi connectivity index (χ1) is 27.3. The smallest absolute Gasteiger partial charge is 0.339 e. The second-order valence-electron chi connectivity index (χ2n) is 13.5. The van der Waals surface area contributed by atoms with Gasteiger partial charge in [0, 0.05) is 41.8 Å². The Morgan fingerprint density at radius 1 is 0.786 bits per heavy atom. The average Bonchev–Trinajstić information content (AvgIpc) is 3.65. The van der Waals surface area contributed by atoms with Crippen molar-refractivity contribution in [1.29, 1.82) is 0 Å². The third-order valence-corrected chi connectivity index (χ3v) is 9.79. The summed E-state index contributed by atoms with van der Waals surface area (Å²) in [5.41, 5.74) is 4.67. The molecule has 2 aliphatic rings. The van der Waals surface area contributed by atoms with Crippen molar-refractivity contribution in [3.8, 4) is 5.75 Å². The van der Waals surface area contributed by atoms with E-state index in [1.165, 1.54) is 0 Å². The molecule has 0 bridgehead atoms. The molecule has 3 atom stereocenters. The zero-order chi connectivity index (χ0) is 38.9. The maximum absolute atomic E-state index is 14.1. The fraction of sp³-hybridized carbons (Fsp3) is 0.196. The molecule has 1 fully saturated rings. The molecule has 284 valence electrons. The number of ether oxygens (including phenoxy) is 3. The molecule has 1 aliphatic carbocycles. The van der Waals surface area contributed by atoms with E-state index in [1.54, 1.807) is 54.6 Å². The van der Waals surface area contributed by atoms with Crippen molar-refractivity contribution >= 4 is 23.9 Å². The Kier molecular flexibility index (Phi) is 11.8. The largest absolute Gasteiger partial charge is 0.508 e. The van der Waals surface area contributed by atoms with E-state index in [-0.39, 0.29) is 43.7 Å². The lowest BCUT2D eigenvalue weighted by atomic mass is 9.91. The van der Waals surface area contributed by atoms with Crippen LogP contribution in [0.2, 0.25) is 0 Å². The quantitative estimate of drug-likeness (QED) is 0.104. The second-order valence-corrected chi connectivity index (χ2v) is 13.5. The number of rotatable bonds is 13. The molecular formula is C46H42N2O8. The molecule has 56 heavy (non-hydrogen) atoms. The topological polar surface area (TPSA) is 143 Å². The number of esters is 1. The Hall–Kier alpha value is -6.33. The van der Waals surface area contributed by atoms with Crippen LogP contribution in [0.15, 0.2) is 151 Å². The molecule has 3 unspecified atom stereocenters. The van der Waals surface area contributed by atoms with Crippen molar-refractivity contribution in [3.63, 3.8) is 0 Å². The summed E-state index contributed by atoms with van der Waals surface area (Å²) in [4.78, 5) is 40.5. The van der Waals surface area contributed by atoms with E-state index in [4.69, 9.17) is 19.3 Å². The highest BCUT2D eigenvalue weighted by molar-refractivity contribution is 5.96. The predicted octanol–water partition coefficient (Wildman–Crippen LogP) is 6.23. The molecule has 0 spiro atoms. The summed E-state index contributed by atoms with van der Waals surface area (Å²) < 4.78 is 20.0. The maximum Gasteiger partial charge on any atom is 0.339 e. The Morgan fingerprint density at radius 2 is 1.48 bits per heavy atom. The minimum Gasteiger partial charge on any atom is -0.508 e. The summed E-state index contributed by atoms with van der Waals surface area (Å²) >= 11 is 0. The number of aliphatic hydroxyl groups is 1. The highest BCUT2D eigenvalue weighted by Crippen LogP contribution is 2.47. The Labute approximate surface area is 325 Å². The summed E-state index contributed by atoms with van der Waals surface area (Å²) in [6.07, 6.45) is 3.50. The first-order valence-electron chi connectivity index (χ1n) is 18.5. The van der Waals surface area contributed by atoms with Crippen molar-refractivity contribution in [1.82, 2.24) is 10.6 Å². The second kappa shape index (κ2) is 17.4. The van der Waals surface area contributed by atoms with Crippen molar-refractivity contribution in [2.75, 3.05) is 13.2 Å². The van der Waals surface area contributed by atoms with Crippen LogP contribution >= 0.6 is 0 Å². The molecule has 5 aromatic rings. The first kappa shape index (κ1) is 38.0. The zero-order valence-electron chi connectivity index (χ0n) is 30.5. The number of aliphatic hydroxyl groups excluding tert-OH is 1. The van der Waals surface area contributed by atoms with Crippen LogP contribution in [0.4, 0.5) is 0 Å². The van der Waals surface area contributed by atoms with Gasteiger partial charge in [-0.1, -0.05) is 121 Å². The summed E-state index contributed by atoms with van der Waals surface area (Å²) in [5.74, 6) is -2.46. The molecule has 0 aromatic heterocycles. The van der Waals surface area contributed by atoms with Gasteiger partial charge in [0.1, 0.15) is 24.1 Å². The third-order valence-electron chi connectivity index (χ3n) is 9.79. The zero-order valence-corrected chi connectivity index (χ0v) is 30.5. The van der Waals surface area contributed by atoms with E-state index in [9.17, 15) is 19.5 Å². The number of aromatic hydroxyl groups is 1. The van der Waals surface area contributed by atoms with E-state index in [1.807, 2.05) is 97.1 Å². The Morgan fingerprint density at radius 3 is 2.21 bits per heavy atom. The van der Waals surface area contributed by atoms with Crippen molar-refractivity contribution in [2.45, 2.75) is 43.5 Å². The normalized spacial score (nSPS) is 18.4. The van der Waals surface area contributed by atoms with Gasteiger partial charge in [-0.2, -0.15) is 0 Å². The van der Waals surface area contributed by atoms with E-state index in [2.05, 4.69) is 10.6 Å². The van der Waals surface area contributed by atoms with Crippen molar-refractivity contribution in [2.24, 2.45) is 0 Å². The van der Waals surface area contributed by atoms with Crippen molar-refractivity contribution < 1.29 is 38.8 Å². The number of carbonyl (C=O) groups is 3. The van der Waals surface area contributed by atoms with Gasteiger partial charge in [0.15, 0.2) is 0 Å². The number of para-hydroxylation sites is 1. The van der Waals surface area contributed by atoms with Crippen molar-refractivity contribution in [3.05, 3.63) is 190 Å². The third kappa shape index (κ3) is 8.48. The SMILES string of the molecule is O=C(NCc1cccc(C(=O)NCCO)c1)C1=CC2OC(c3ccccc3)(c3ccccc3)OC2C(OC(=O)c2ccccc2C=CCc2ccccc2O)C1. The van der Waals surface area contributed by atoms with E-state index >= 15 is 0 Å². The van der Waals surface area contributed by atoms with Gasteiger partial charge in [0.25, 0.3) is 5.91 Å². The van der Waals surface area contributed by atoms with Gasteiger partial charge in [0.2, 0.25) is 11.7 Å². The summed E-state index contributed by atoms with van der Waals surface area (Å²) in [5, 5.41) is 24.9. The van der Waals surface area contributed by atoms with Crippen LogP contribution in [-0.4, -0.2) is 59.5 Å². The average molecular weight is 751 g/mol. The maximum atomic E-state index is 14.1. The predicted molar refractivity (Wildman–Crippen MR) is 210 cm³/mol. The lowest BCUT2D eigenvalue weighted by Gasteiger charge is -2.31. The molecule has 7 rings (SSSR count). The number of allylic oxidation sites excluding steroid dienone is 1. The summed E-state index contributed by atoms with van der Waals surface area (Å²) in [7, 11) is 0. The van der Waals surface area contributed by atoms with E-state index < -0.39 is 30.1 Å². The number of phenolic OH excluding ortho intramolecular Hbond substituents is 1. The van der Waals surface area contributed by atoms with Crippen LogP contribution in [0.1, 0.15) is 55.0 Å². The molecule has 0 saturated carbocycles. The number of benzene rings is 5. The van der Waals surface area contributed by atoms with Crippen LogP contribution in [0.25, 0.3) is 6.08 Å². The first-order valence-corrected chi connectivity index (χ1v) is 18.5. The fourth-order valence-corrected chi connectivity index (χ4v) is 7.01. The van der Waals surface area contributed by atoms with Crippen LogP contribution in [0.3, 0.4) is 0 Å². The number of nitrogens with one attached hydrogen (secondary N) is 2. The molecular weight excluding hydrogens is 709 g/mol. The van der Waals surface area contributed by atoms with Crippen LogP contribution in [-0.2, 0) is 37.8 Å². The standard InChI is InChI=1S/C46H42N2O8/c49-26-25-47-43(51)34-18-11-13-31(27-34)30-48-44(52)35-28-40(54-45(53)38-23-9-7-14-32(38)16-12-17-33-15-8-10-24-39(33)50)42-41(29-35)55-46(56-42,36-19-3-1-4-20-36)37-21-5-2-6-22-37/h1-16,18-24,27,29,40-42,49-50H,17,25-26,28,30H2,(H,47,51)(H,48,52). The van der Waals surface area contributed by atoms with Gasteiger partial charge >= 0.3 is 5.97 Å². The lowest BCUT2D eigenvalue weighted by Crippen LogP contribution is -2.43. The number of amides is 2. The Balaban J connectivity index is 1.16. The van der Waals surface area contributed by atoms with Gasteiger partial charge in [0.05, 0.1) is 12.2 Å². The fourth-order valence-electron chi connectivity index (χ4n) is 7.01. The van der Waals surface area contributed by atoms with Crippen LogP contribution < -0.4 is 10.6 Å². The number of fused-ring (bicyclic) bond motifs is 1. The number of hydrogen-bond acceptors (Lipinski definition) is 8. The molecule has 10 nitrogen and oxygen atoms in total. The molecule has 4 N–H and O–H groups in total. The molecule has 1 saturated heterocycles. The van der Waals surface area contributed by atoms with Gasteiger partial charge < -0.3 is 35.1 Å². The molecule has 10 heteroatoms. The number of carbonyl (C=O) groups excluding carboxylic acids is 3. The van der Waals surface area contributed by atoms with Gasteiger partial charge in [-0.05, 0) is 53.5 Å². The highest BCUT2D eigenvalue weighted by atomic mass is 16.8. The number of phenols is 1. The molecule has 5 aromatic carbocycles. The lowest BCUT2D eigenvalue weighted by molar-refractivity contribution is -0.157. The van der Waals surface area contributed by atoms with Crippen LogP contribution in [0, 0.1) is 0 Å². The minimum absolute atomic E-state index is 0.0522. The minimum atomic E-state index is -1.36. The van der Waals surface area contributed by atoms with Gasteiger partial charge in [-0.3, -0.25) is 9.59 Å². The van der Waals surface area contributed by atoms with E-state index in [0.29, 0.717) is 34.2 Å². The van der Waals surface area contributed by atoms with E-state index in [0.717, 1.165) is 16.7 Å². The summed E-state index contributed by atoms with van der Waals surface area (Å²) in [6, 6.07) is 40.1. The molecule has 1 heterocycles.